The Morgan fingerprint density at radius 2 is 1.94 bits per heavy atom. The number of sulfonamides is 1. The monoisotopic (exact) mass is 242 g/mol. The smallest absolute Gasteiger partial charge is 0.251 e. The second-order valence-electron chi connectivity index (χ2n) is 3.48. The summed E-state index contributed by atoms with van der Waals surface area (Å²) in [5.41, 5.74) is 1.68. The normalized spacial score (nSPS) is 10.9. The van der Waals surface area contributed by atoms with Crippen molar-refractivity contribution in [3.05, 3.63) is 29.3 Å². The van der Waals surface area contributed by atoms with Gasteiger partial charge in [0, 0.05) is 12.6 Å². The predicted octanol–water partition coefficient (Wildman–Crippen LogP) is 0.726. The van der Waals surface area contributed by atoms with E-state index in [4.69, 9.17) is 0 Å². The summed E-state index contributed by atoms with van der Waals surface area (Å²) in [5, 5.41) is 2.50. The molecule has 0 aliphatic carbocycles. The lowest BCUT2D eigenvalue weighted by atomic mass is 10.1. The van der Waals surface area contributed by atoms with Crippen LogP contribution in [-0.4, -0.2) is 27.6 Å². The second-order valence-corrected chi connectivity index (χ2v) is 5.23. The summed E-state index contributed by atoms with van der Waals surface area (Å²) in [6, 6.07) is 4.77. The van der Waals surface area contributed by atoms with Crippen molar-refractivity contribution in [2.24, 2.45) is 0 Å². The topological polar surface area (TPSA) is 75.3 Å². The van der Waals surface area contributed by atoms with Crippen molar-refractivity contribution in [3.63, 3.8) is 0 Å². The first kappa shape index (κ1) is 12.5. The lowest BCUT2D eigenvalue weighted by molar-refractivity contribution is 0.0963. The third kappa shape index (κ3) is 3.23. The van der Waals surface area contributed by atoms with Crippen molar-refractivity contribution >= 4 is 21.6 Å². The summed E-state index contributed by atoms with van der Waals surface area (Å²) in [7, 11) is -1.75. The highest BCUT2D eigenvalue weighted by molar-refractivity contribution is 7.92. The van der Waals surface area contributed by atoms with Crippen molar-refractivity contribution < 1.29 is 13.2 Å². The van der Waals surface area contributed by atoms with Crippen LogP contribution in [0.2, 0.25) is 0 Å². The van der Waals surface area contributed by atoms with E-state index in [1.165, 1.54) is 0 Å². The number of carbonyl (C=O) groups is 1. The third-order valence-corrected chi connectivity index (χ3v) is 2.60. The molecule has 1 amide bonds. The van der Waals surface area contributed by atoms with E-state index in [1.54, 1.807) is 32.2 Å². The summed E-state index contributed by atoms with van der Waals surface area (Å²) in [6.07, 6.45) is 1.08. The number of hydrogen-bond acceptors (Lipinski definition) is 3. The Labute approximate surface area is 94.9 Å². The van der Waals surface area contributed by atoms with Crippen LogP contribution in [0.25, 0.3) is 0 Å². The molecule has 5 nitrogen and oxygen atoms in total. The minimum atomic E-state index is -3.29. The predicted molar refractivity (Wildman–Crippen MR) is 63.0 cm³/mol. The molecule has 6 heteroatoms. The van der Waals surface area contributed by atoms with Gasteiger partial charge in [0.2, 0.25) is 10.0 Å². The molecule has 1 aromatic rings. The average Bonchev–Trinajstić information content (AvgIpc) is 2.18. The molecule has 16 heavy (non-hydrogen) atoms. The first-order chi connectivity index (χ1) is 7.33. The zero-order valence-electron chi connectivity index (χ0n) is 9.37. The van der Waals surface area contributed by atoms with E-state index in [1.807, 2.05) is 0 Å². The zero-order chi connectivity index (χ0) is 12.3. The van der Waals surface area contributed by atoms with Gasteiger partial charge in [-0.1, -0.05) is 0 Å². The molecular formula is C10H14N2O3S. The van der Waals surface area contributed by atoms with Gasteiger partial charge in [-0.3, -0.25) is 9.52 Å². The van der Waals surface area contributed by atoms with Gasteiger partial charge in [-0.2, -0.15) is 0 Å². The van der Waals surface area contributed by atoms with Crippen LogP contribution in [0, 0.1) is 6.92 Å². The Kier molecular flexibility index (Phi) is 3.54. The number of rotatable bonds is 3. The van der Waals surface area contributed by atoms with Gasteiger partial charge in [0.05, 0.1) is 11.9 Å². The summed E-state index contributed by atoms with van der Waals surface area (Å²) < 4.78 is 24.4. The van der Waals surface area contributed by atoms with E-state index >= 15 is 0 Å². The van der Waals surface area contributed by atoms with Crippen LogP contribution in [0.5, 0.6) is 0 Å². The third-order valence-electron chi connectivity index (χ3n) is 2.01. The van der Waals surface area contributed by atoms with E-state index in [2.05, 4.69) is 10.0 Å². The Bertz CT molecular complexity index is 509. The van der Waals surface area contributed by atoms with Crippen molar-refractivity contribution in [2.45, 2.75) is 6.92 Å². The number of nitrogens with one attached hydrogen (secondary N) is 2. The van der Waals surface area contributed by atoms with Crippen molar-refractivity contribution in [1.82, 2.24) is 5.32 Å². The summed E-state index contributed by atoms with van der Waals surface area (Å²) in [6.45, 7) is 1.74. The van der Waals surface area contributed by atoms with Crippen LogP contribution in [0.4, 0.5) is 5.69 Å². The zero-order valence-corrected chi connectivity index (χ0v) is 10.2. The molecule has 0 saturated carbocycles. The molecule has 0 radical (unpaired) electrons. The molecule has 0 unspecified atom stereocenters. The van der Waals surface area contributed by atoms with Crippen LogP contribution < -0.4 is 10.0 Å². The molecule has 0 aromatic heterocycles. The molecule has 1 rings (SSSR count). The number of benzene rings is 1. The van der Waals surface area contributed by atoms with Crippen LogP contribution in [0.3, 0.4) is 0 Å². The summed E-state index contributed by atoms with van der Waals surface area (Å²) >= 11 is 0. The standard InChI is InChI=1S/C10H14N2O3S/c1-7-6-8(10(13)11-2)4-5-9(7)12-16(3,14)15/h4-6,12H,1-3H3,(H,11,13). The van der Waals surface area contributed by atoms with E-state index < -0.39 is 10.0 Å². The van der Waals surface area contributed by atoms with Gasteiger partial charge in [-0.15, -0.1) is 0 Å². The maximum Gasteiger partial charge on any atom is 0.251 e. The summed E-state index contributed by atoms with van der Waals surface area (Å²) in [5.74, 6) is -0.200. The van der Waals surface area contributed by atoms with Crippen molar-refractivity contribution in [1.29, 1.82) is 0 Å². The lowest BCUT2D eigenvalue weighted by Crippen LogP contribution is -2.18. The first-order valence-electron chi connectivity index (χ1n) is 4.64. The van der Waals surface area contributed by atoms with E-state index in [0.29, 0.717) is 16.8 Å². The average molecular weight is 242 g/mol. The van der Waals surface area contributed by atoms with Crippen LogP contribution in [0.15, 0.2) is 18.2 Å². The molecule has 0 fully saturated rings. The molecule has 0 atom stereocenters. The van der Waals surface area contributed by atoms with Gasteiger partial charge in [0.15, 0.2) is 0 Å². The molecular weight excluding hydrogens is 228 g/mol. The van der Waals surface area contributed by atoms with Crippen molar-refractivity contribution in [3.8, 4) is 0 Å². The largest absolute Gasteiger partial charge is 0.355 e. The molecule has 2 N–H and O–H groups in total. The number of amides is 1. The van der Waals surface area contributed by atoms with E-state index in [-0.39, 0.29) is 5.91 Å². The minimum Gasteiger partial charge on any atom is -0.355 e. The summed E-state index contributed by atoms with van der Waals surface area (Å²) in [4.78, 5) is 11.3. The molecule has 0 aliphatic heterocycles. The minimum absolute atomic E-state index is 0.200. The van der Waals surface area contributed by atoms with Crippen LogP contribution in [-0.2, 0) is 10.0 Å². The molecule has 0 heterocycles. The van der Waals surface area contributed by atoms with Gasteiger partial charge in [-0.25, -0.2) is 8.42 Å². The Hall–Kier alpha value is -1.56. The second kappa shape index (κ2) is 4.52. The number of anilines is 1. The van der Waals surface area contributed by atoms with Gasteiger partial charge in [0.25, 0.3) is 5.91 Å². The van der Waals surface area contributed by atoms with Gasteiger partial charge in [0.1, 0.15) is 0 Å². The Morgan fingerprint density at radius 1 is 1.31 bits per heavy atom. The highest BCUT2D eigenvalue weighted by Crippen LogP contribution is 2.17. The van der Waals surface area contributed by atoms with Crippen molar-refractivity contribution in [2.75, 3.05) is 18.0 Å². The van der Waals surface area contributed by atoms with E-state index in [9.17, 15) is 13.2 Å². The SMILES string of the molecule is CNC(=O)c1ccc(NS(C)(=O)=O)c(C)c1. The van der Waals surface area contributed by atoms with E-state index in [0.717, 1.165) is 6.26 Å². The quantitative estimate of drug-likeness (QED) is 0.820. The van der Waals surface area contributed by atoms with Crippen LogP contribution >= 0.6 is 0 Å². The molecule has 88 valence electrons. The van der Waals surface area contributed by atoms with Gasteiger partial charge >= 0.3 is 0 Å². The highest BCUT2D eigenvalue weighted by atomic mass is 32.2. The maximum atomic E-state index is 11.3. The highest BCUT2D eigenvalue weighted by Gasteiger charge is 2.08. The maximum absolute atomic E-state index is 11.3. The molecule has 1 aromatic carbocycles. The Balaban J connectivity index is 3.05. The van der Waals surface area contributed by atoms with Gasteiger partial charge < -0.3 is 5.32 Å². The molecule has 0 spiro atoms. The molecule has 0 saturated heterocycles. The fourth-order valence-corrected chi connectivity index (χ4v) is 1.89. The number of carbonyl (C=O) groups excluding carboxylic acids is 1. The fourth-order valence-electron chi connectivity index (χ4n) is 1.26. The number of aryl methyl sites for hydroxylation is 1. The molecule has 0 bridgehead atoms. The van der Waals surface area contributed by atoms with Crippen LogP contribution in [0.1, 0.15) is 15.9 Å². The first-order valence-corrected chi connectivity index (χ1v) is 6.53. The Morgan fingerprint density at radius 3 is 2.38 bits per heavy atom. The lowest BCUT2D eigenvalue weighted by Gasteiger charge is -2.08. The molecule has 0 aliphatic rings. The number of hydrogen-bond donors (Lipinski definition) is 2. The van der Waals surface area contributed by atoms with Gasteiger partial charge in [-0.05, 0) is 30.7 Å². The fraction of sp³-hybridized carbons (Fsp3) is 0.300.